The maximum atomic E-state index is 12.0. The van der Waals surface area contributed by atoms with Crippen LogP contribution in [0.2, 0.25) is 0 Å². The minimum Gasteiger partial charge on any atom is -0.170 e. The zero-order valence-corrected chi connectivity index (χ0v) is 6.13. The lowest BCUT2D eigenvalue weighted by molar-refractivity contribution is -0.200. The molecule has 10 heavy (non-hydrogen) atoms. The Morgan fingerprint density at radius 1 is 1.40 bits per heavy atom. The summed E-state index contributed by atoms with van der Waals surface area (Å²) in [6.45, 7) is 5.78. The number of halogens is 3. The fourth-order valence-electron chi connectivity index (χ4n) is 0.461. The van der Waals surface area contributed by atoms with Gasteiger partial charge in [0, 0.05) is 0 Å². The van der Waals surface area contributed by atoms with E-state index in [9.17, 15) is 13.2 Å². The molecule has 0 aliphatic rings. The standard InChI is InChI=1S/C7H11F3/c1-4-6(3,5-2)7(8,9)10/h4H,1,5H2,2-3H3. The molecule has 0 amide bonds. The fraction of sp³-hybridized carbons (Fsp3) is 0.714. The topological polar surface area (TPSA) is 0 Å². The van der Waals surface area contributed by atoms with Crippen LogP contribution in [0.3, 0.4) is 0 Å². The van der Waals surface area contributed by atoms with E-state index in [1.807, 2.05) is 0 Å². The van der Waals surface area contributed by atoms with Crippen molar-refractivity contribution in [3.63, 3.8) is 0 Å². The monoisotopic (exact) mass is 152 g/mol. The van der Waals surface area contributed by atoms with E-state index in [0.29, 0.717) is 0 Å². The molecule has 0 nitrogen and oxygen atoms in total. The molecule has 0 spiro atoms. The molecule has 0 fully saturated rings. The zero-order valence-electron chi connectivity index (χ0n) is 6.13. The second-order valence-electron chi connectivity index (χ2n) is 2.47. The first-order valence-corrected chi connectivity index (χ1v) is 3.07. The highest BCUT2D eigenvalue weighted by Crippen LogP contribution is 2.41. The molecule has 0 saturated heterocycles. The molecule has 0 heterocycles. The predicted molar refractivity (Wildman–Crippen MR) is 34.6 cm³/mol. The molecule has 0 bridgehead atoms. The number of allylic oxidation sites excluding steroid dienone is 1. The summed E-state index contributed by atoms with van der Waals surface area (Å²) in [7, 11) is 0. The third-order valence-electron chi connectivity index (χ3n) is 1.83. The van der Waals surface area contributed by atoms with Gasteiger partial charge in [0.25, 0.3) is 0 Å². The second-order valence-corrected chi connectivity index (χ2v) is 2.47. The minimum absolute atomic E-state index is 0.0417. The first-order chi connectivity index (χ1) is 4.37. The maximum Gasteiger partial charge on any atom is 0.397 e. The van der Waals surface area contributed by atoms with Crippen molar-refractivity contribution >= 4 is 0 Å². The van der Waals surface area contributed by atoms with E-state index < -0.39 is 11.6 Å². The Bertz CT molecular complexity index is 125. The van der Waals surface area contributed by atoms with Gasteiger partial charge in [-0.25, -0.2) is 0 Å². The van der Waals surface area contributed by atoms with Crippen LogP contribution in [0.15, 0.2) is 12.7 Å². The van der Waals surface area contributed by atoms with Crippen LogP contribution < -0.4 is 0 Å². The molecule has 1 unspecified atom stereocenters. The van der Waals surface area contributed by atoms with Crippen LogP contribution in [0.1, 0.15) is 20.3 Å². The van der Waals surface area contributed by atoms with Crippen LogP contribution >= 0.6 is 0 Å². The molecule has 0 aromatic carbocycles. The van der Waals surface area contributed by atoms with Crippen molar-refractivity contribution < 1.29 is 13.2 Å². The average Bonchev–Trinajstić information content (AvgIpc) is 1.84. The molecule has 0 radical (unpaired) electrons. The Morgan fingerprint density at radius 2 is 1.80 bits per heavy atom. The van der Waals surface area contributed by atoms with Crippen molar-refractivity contribution in [1.29, 1.82) is 0 Å². The molecule has 0 saturated carbocycles. The summed E-state index contributed by atoms with van der Waals surface area (Å²) >= 11 is 0. The number of hydrogen-bond acceptors (Lipinski definition) is 0. The number of rotatable bonds is 2. The Kier molecular flexibility index (Phi) is 2.52. The molecule has 0 aliphatic heterocycles. The lowest BCUT2D eigenvalue weighted by atomic mass is 9.87. The van der Waals surface area contributed by atoms with Crippen LogP contribution in [0.4, 0.5) is 13.2 Å². The minimum atomic E-state index is -4.16. The third-order valence-corrected chi connectivity index (χ3v) is 1.83. The van der Waals surface area contributed by atoms with Gasteiger partial charge in [-0.2, -0.15) is 13.2 Å². The highest BCUT2D eigenvalue weighted by Gasteiger charge is 2.47. The quantitative estimate of drug-likeness (QED) is 0.533. The van der Waals surface area contributed by atoms with Gasteiger partial charge in [0.1, 0.15) is 0 Å². The summed E-state index contributed by atoms with van der Waals surface area (Å²) in [5.74, 6) is 0. The van der Waals surface area contributed by atoms with Gasteiger partial charge in [-0.1, -0.05) is 13.0 Å². The zero-order chi connectivity index (χ0) is 8.41. The number of hydrogen-bond donors (Lipinski definition) is 0. The summed E-state index contributed by atoms with van der Waals surface area (Å²) in [5.41, 5.74) is -1.72. The van der Waals surface area contributed by atoms with Crippen molar-refractivity contribution in [3.8, 4) is 0 Å². The summed E-state index contributed by atoms with van der Waals surface area (Å²) in [4.78, 5) is 0. The Balaban J connectivity index is 4.48. The molecule has 0 aromatic heterocycles. The van der Waals surface area contributed by atoms with Crippen molar-refractivity contribution in [1.82, 2.24) is 0 Å². The van der Waals surface area contributed by atoms with Crippen LogP contribution in [-0.2, 0) is 0 Å². The molecule has 0 aliphatic carbocycles. The van der Waals surface area contributed by atoms with Gasteiger partial charge >= 0.3 is 6.18 Å². The van der Waals surface area contributed by atoms with E-state index >= 15 is 0 Å². The van der Waals surface area contributed by atoms with Gasteiger partial charge in [-0.15, -0.1) is 6.58 Å². The molecule has 0 aromatic rings. The van der Waals surface area contributed by atoms with Crippen molar-refractivity contribution in [2.24, 2.45) is 5.41 Å². The van der Waals surface area contributed by atoms with Crippen LogP contribution in [0.25, 0.3) is 0 Å². The summed E-state index contributed by atoms with van der Waals surface area (Å²) in [5, 5.41) is 0. The molecule has 3 heteroatoms. The molecule has 1 atom stereocenters. The first-order valence-electron chi connectivity index (χ1n) is 3.07. The third kappa shape index (κ3) is 1.52. The molecule has 0 rings (SSSR count). The smallest absolute Gasteiger partial charge is 0.170 e. The summed E-state index contributed by atoms with van der Waals surface area (Å²) in [6.07, 6.45) is -3.17. The Morgan fingerprint density at radius 3 is 1.80 bits per heavy atom. The summed E-state index contributed by atoms with van der Waals surface area (Å²) in [6, 6.07) is 0. The Hall–Kier alpha value is -0.470. The van der Waals surface area contributed by atoms with Gasteiger partial charge in [-0.05, 0) is 13.3 Å². The van der Waals surface area contributed by atoms with Crippen LogP contribution in [0.5, 0.6) is 0 Å². The van der Waals surface area contributed by atoms with Crippen molar-refractivity contribution in [3.05, 3.63) is 12.7 Å². The van der Waals surface area contributed by atoms with E-state index in [2.05, 4.69) is 6.58 Å². The van der Waals surface area contributed by atoms with E-state index in [4.69, 9.17) is 0 Å². The molecular weight excluding hydrogens is 141 g/mol. The average molecular weight is 152 g/mol. The van der Waals surface area contributed by atoms with Gasteiger partial charge in [0.15, 0.2) is 0 Å². The summed E-state index contributed by atoms with van der Waals surface area (Å²) < 4.78 is 36.1. The molecule has 60 valence electrons. The highest BCUT2D eigenvalue weighted by molar-refractivity contribution is 4.95. The normalized spacial score (nSPS) is 18.1. The van der Waals surface area contributed by atoms with Crippen molar-refractivity contribution in [2.45, 2.75) is 26.4 Å². The van der Waals surface area contributed by atoms with E-state index in [0.717, 1.165) is 13.0 Å². The van der Waals surface area contributed by atoms with E-state index in [1.165, 1.54) is 6.92 Å². The van der Waals surface area contributed by atoms with Gasteiger partial charge < -0.3 is 0 Å². The second kappa shape index (κ2) is 2.64. The van der Waals surface area contributed by atoms with Crippen LogP contribution in [-0.4, -0.2) is 6.18 Å². The lowest BCUT2D eigenvalue weighted by Gasteiger charge is -2.26. The maximum absolute atomic E-state index is 12.0. The van der Waals surface area contributed by atoms with Gasteiger partial charge in [0.05, 0.1) is 5.41 Å². The lowest BCUT2D eigenvalue weighted by Crippen LogP contribution is -2.32. The van der Waals surface area contributed by atoms with Crippen molar-refractivity contribution in [2.75, 3.05) is 0 Å². The van der Waals surface area contributed by atoms with Gasteiger partial charge in [-0.3, -0.25) is 0 Å². The Labute approximate surface area is 58.7 Å². The molecule has 0 N–H and O–H groups in total. The molecular formula is C7H11F3. The fourth-order valence-corrected chi connectivity index (χ4v) is 0.461. The number of alkyl halides is 3. The SMILES string of the molecule is C=CC(C)(CC)C(F)(F)F. The van der Waals surface area contributed by atoms with Gasteiger partial charge in [0.2, 0.25) is 0 Å². The highest BCUT2D eigenvalue weighted by atomic mass is 19.4. The first kappa shape index (κ1) is 9.53. The largest absolute Gasteiger partial charge is 0.397 e. The van der Waals surface area contributed by atoms with E-state index in [1.54, 1.807) is 0 Å². The van der Waals surface area contributed by atoms with Crippen LogP contribution in [0, 0.1) is 5.41 Å². The predicted octanol–water partition coefficient (Wildman–Crippen LogP) is 3.15. The van der Waals surface area contributed by atoms with E-state index in [-0.39, 0.29) is 6.42 Å².